The lowest BCUT2D eigenvalue weighted by Crippen LogP contribution is -2.36. The molecule has 1 heterocycles. The first kappa shape index (κ1) is 14.9. The van der Waals surface area contributed by atoms with Crippen LogP contribution in [-0.2, 0) is 11.2 Å². The van der Waals surface area contributed by atoms with Crippen molar-refractivity contribution < 1.29 is 9.47 Å². The Balaban J connectivity index is 1.84. The van der Waals surface area contributed by atoms with Crippen LogP contribution in [-0.4, -0.2) is 19.8 Å². The minimum Gasteiger partial charge on any atom is -0.493 e. The molecule has 1 aromatic carbocycles. The predicted molar refractivity (Wildman–Crippen MR) is 84.6 cm³/mol. The van der Waals surface area contributed by atoms with Gasteiger partial charge >= 0.3 is 0 Å². The molecule has 2 aliphatic rings. The maximum atomic E-state index is 6.60. The summed E-state index contributed by atoms with van der Waals surface area (Å²) in [6, 6.07) is 6.29. The molecule has 0 bridgehead atoms. The number of methoxy groups -OCH3 is 1. The number of para-hydroxylation sites is 1. The van der Waals surface area contributed by atoms with Gasteiger partial charge in [-0.1, -0.05) is 37.5 Å². The van der Waals surface area contributed by atoms with Crippen molar-refractivity contribution >= 4 is 0 Å². The van der Waals surface area contributed by atoms with Crippen LogP contribution in [0.3, 0.4) is 0 Å². The van der Waals surface area contributed by atoms with Crippen LogP contribution in [0.15, 0.2) is 18.2 Å². The van der Waals surface area contributed by atoms with Crippen molar-refractivity contribution in [3.05, 3.63) is 29.3 Å². The topological polar surface area (TPSA) is 44.5 Å². The van der Waals surface area contributed by atoms with Crippen molar-refractivity contribution in [2.75, 3.05) is 13.7 Å². The van der Waals surface area contributed by atoms with Crippen molar-refractivity contribution in [1.29, 1.82) is 0 Å². The molecule has 3 rings (SSSR count). The summed E-state index contributed by atoms with van der Waals surface area (Å²) in [4.78, 5) is 0. The summed E-state index contributed by atoms with van der Waals surface area (Å²) in [5.74, 6) is 1.60. The zero-order valence-electron chi connectivity index (χ0n) is 13.0. The van der Waals surface area contributed by atoms with Gasteiger partial charge in [0.05, 0.1) is 18.8 Å². The third-order valence-electron chi connectivity index (χ3n) is 5.06. The summed E-state index contributed by atoms with van der Waals surface area (Å²) in [5.41, 5.74) is 9.03. The molecule has 3 nitrogen and oxygen atoms in total. The van der Waals surface area contributed by atoms with E-state index >= 15 is 0 Å². The third kappa shape index (κ3) is 3.09. The van der Waals surface area contributed by atoms with Gasteiger partial charge in [-0.05, 0) is 37.2 Å². The van der Waals surface area contributed by atoms with Crippen LogP contribution in [0.2, 0.25) is 0 Å². The van der Waals surface area contributed by atoms with Gasteiger partial charge in [-0.15, -0.1) is 0 Å². The molecule has 0 aromatic heterocycles. The first-order valence-corrected chi connectivity index (χ1v) is 8.34. The Morgan fingerprint density at radius 2 is 2.00 bits per heavy atom. The average molecular weight is 289 g/mol. The Morgan fingerprint density at radius 1 is 1.19 bits per heavy atom. The number of nitrogens with two attached hydrogens (primary N) is 1. The Morgan fingerprint density at radius 3 is 2.76 bits per heavy atom. The lowest BCUT2D eigenvalue weighted by atomic mass is 9.80. The van der Waals surface area contributed by atoms with Gasteiger partial charge in [0.25, 0.3) is 0 Å². The summed E-state index contributed by atoms with van der Waals surface area (Å²) in [5, 5.41) is 0. The Kier molecular flexibility index (Phi) is 4.81. The molecule has 1 aromatic rings. The summed E-state index contributed by atoms with van der Waals surface area (Å²) >= 11 is 0. The fraction of sp³-hybridized carbons (Fsp3) is 0.667. The molecule has 2 atom stereocenters. The second kappa shape index (κ2) is 6.80. The van der Waals surface area contributed by atoms with Crippen LogP contribution in [0.1, 0.15) is 55.7 Å². The lowest BCUT2D eigenvalue weighted by molar-refractivity contribution is 0.0165. The smallest absolute Gasteiger partial charge is 0.127 e. The van der Waals surface area contributed by atoms with Gasteiger partial charge in [-0.2, -0.15) is 0 Å². The number of ether oxygens (including phenoxy) is 2. The molecule has 0 saturated heterocycles. The number of fused-ring (bicyclic) bond motifs is 1. The molecule has 2 N–H and O–H groups in total. The molecule has 1 aliphatic heterocycles. The van der Waals surface area contributed by atoms with E-state index < -0.39 is 0 Å². The van der Waals surface area contributed by atoms with E-state index in [-0.39, 0.29) is 12.1 Å². The molecule has 0 radical (unpaired) electrons. The summed E-state index contributed by atoms with van der Waals surface area (Å²) in [7, 11) is 1.80. The standard InChI is InChI=1S/C18H27NO2/c1-20-18(14-7-3-2-4-8-14)16(19)15-11-5-9-13-10-6-12-21-17(13)15/h5,9,11,14,16,18H,2-4,6-8,10,12,19H2,1H3. The molecular formula is C18H27NO2. The molecule has 1 saturated carbocycles. The maximum Gasteiger partial charge on any atom is 0.127 e. The van der Waals surface area contributed by atoms with Gasteiger partial charge in [-0.3, -0.25) is 0 Å². The fourth-order valence-corrected chi connectivity index (χ4v) is 3.95. The third-order valence-corrected chi connectivity index (χ3v) is 5.06. The van der Waals surface area contributed by atoms with Gasteiger partial charge in [0.15, 0.2) is 0 Å². The average Bonchev–Trinajstić information content (AvgIpc) is 2.56. The first-order chi connectivity index (χ1) is 10.3. The van der Waals surface area contributed by atoms with E-state index in [2.05, 4.69) is 18.2 Å². The van der Waals surface area contributed by atoms with E-state index in [1.165, 1.54) is 37.7 Å². The van der Waals surface area contributed by atoms with E-state index in [4.69, 9.17) is 15.2 Å². The van der Waals surface area contributed by atoms with E-state index in [1.807, 2.05) is 0 Å². The highest BCUT2D eigenvalue weighted by atomic mass is 16.5. The van der Waals surface area contributed by atoms with Crippen LogP contribution < -0.4 is 10.5 Å². The second-order valence-electron chi connectivity index (χ2n) is 6.41. The molecular weight excluding hydrogens is 262 g/mol. The number of hydrogen-bond donors (Lipinski definition) is 1. The number of aryl methyl sites for hydroxylation is 1. The van der Waals surface area contributed by atoms with Crippen LogP contribution in [0.25, 0.3) is 0 Å². The van der Waals surface area contributed by atoms with Gasteiger partial charge in [-0.25, -0.2) is 0 Å². The highest BCUT2D eigenvalue weighted by molar-refractivity contribution is 5.44. The van der Waals surface area contributed by atoms with Gasteiger partial charge in [0.1, 0.15) is 5.75 Å². The van der Waals surface area contributed by atoms with Gasteiger partial charge in [0, 0.05) is 12.7 Å². The zero-order chi connectivity index (χ0) is 14.7. The van der Waals surface area contributed by atoms with E-state index in [1.54, 1.807) is 7.11 Å². The fourth-order valence-electron chi connectivity index (χ4n) is 3.95. The van der Waals surface area contributed by atoms with Crippen molar-refractivity contribution in [2.45, 2.75) is 57.1 Å². The molecule has 21 heavy (non-hydrogen) atoms. The lowest BCUT2D eigenvalue weighted by Gasteiger charge is -2.34. The van der Waals surface area contributed by atoms with Crippen LogP contribution in [0.5, 0.6) is 5.75 Å². The van der Waals surface area contributed by atoms with E-state index in [0.29, 0.717) is 5.92 Å². The van der Waals surface area contributed by atoms with Crippen molar-refractivity contribution in [3.63, 3.8) is 0 Å². The highest BCUT2D eigenvalue weighted by Crippen LogP contribution is 2.38. The Bertz CT molecular complexity index is 468. The molecule has 2 unspecified atom stereocenters. The Hall–Kier alpha value is -1.06. The highest BCUT2D eigenvalue weighted by Gasteiger charge is 2.31. The molecule has 3 heteroatoms. The van der Waals surface area contributed by atoms with Crippen molar-refractivity contribution in [2.24, 2.45) is 11.7 Å². The number of benzene rings is 1. The molecule has 1 fully saturated rings. The molecule has 0 spiro atoms. The van der Waals surface area contributed by atoms with Gasteiger partial charge in [0.2, 0.25) is 0 Å². The minimum absolute atomic E-state index is 0.0915. The van der Waals surface area contributed by atoms with Crippen LogP contribution >= 0.6 is 0 Å². The number of hydrogen-bond acceptors (Lipinski definition) is 3. The number of rotatable bonds is 4. The van der Waals surface area contributed by atoms with Gasteiger partial charge < -0.3 is 15.2 Å². The van der Waals surface area contributed by atoms with Crippen LogP contribution in [0, 0.1) is 5.92 Å². The van der Waals surface area contributed by atoms with E-state index in [0.717, 1.165) is 30.8 Å². The SMILES string of the molecule is COC(C1CCCCC1)C(N)c1cccc2c1OCCC2. The maximum absolute atomic E-state index is 6.60. The summed E-state index contributed by atoms with van der Waals surface area (Å²) in [6.07, 6.45) is 8.73. The summed E-state index contributed by atoms with van der Waals surface area (Å²) < 4.78 is 11.7. The second-order valence-corrected chi connectivity index (χ2v) is 6.41. The van der Waals surface area contributed by atoms with Crippen molar-refractivity contribution in [1.82, 2.24) is 0 Å². The monoisotopic (exact) mass is 289 g/mol. The quantitative estimate of drug-likeness (QED) is 0.921. The predicted octanol–water partition coefficient (Wildman–Crippen LogP) is 3.61. The van der Waals surface area contributed by atoms with Crippen molar-refractivity contribution in [3.8, 4) is 5.75 Å². The van der Waals surface area contributed by atoms with E-state index in [9.17, 15) is 0 Å². The normalized spacial score (nSPS) is 22.2. The Labute approximate surface area is 127 Å². The zero-order valence-corrected chi connectivity index (χ0v) is 13.0. The first-order valence-electron chi connectivity index (χ1n) is 8.34. The molecule has 0 amide bonds. The largest absolute Gasteiger partial charge is 0.493 e. The summed E-state index contributed by atoms with van der Waals surface area (Å²) in [6.45, 7) is 0.803. The molecule has 116 valence electrons. The molecule has 1 aliphatic carbocycles. The van der Waals surface area contributed by atoms with Crippen LogP contribution in [0.4, 0.5) is 0 Å². The minimum atomic E-state index is -0.0915.